The summed E-state index contributed by atoms with van der Waals surface area (Å²) in [4.78, 5) is 10.5. The molecule has 0 heterocycles. The molecule has 0 saturated carbocycles. The van der Waals surface area contributed by atoms with Gasteiger partial charge in [-0.1, -0.05) is 20.8 Å². The minimum absolute atomic E-state index is 0.252. The molecular weight excluding hydrogens is 104 g/mol. The van der Waals surface area contributed by atoms with Crippen LogP contribution in [0, 0.1) is 5.41 Å². The van der Waals surface area contributed by atoms with E-state index >= 15 is 0 Å². The van der Waals surface area contributed by atoms with Gasteiger partial charge >= 0.3 is 0 Å². The number of carbonyl (C=O) groups excluding carboxylic acids is 1. The molecule has 0 rings (SSSR count). The Morgan fingerprint density at radius 1 is 1.50 bits per heavy atom. The molecule has 0 aliphatic rings. The summed E-state index contributed by atoms with van der Waals surface area (Å²) in [6.07, 6.45) is 0. The highest BCUT2D eigenvalue weighted by Gasteiger charge is 2.19. The van der Waals surface area contributed by atoms with Gasteiger partial charge in [0.05, 0.1) is 0 Å². The van der Waals surface area contributed by atoms with Crippen molar-refractivity contribution >= 4 is 5.91 Å². The van der Waals surface area contributed by atoms with E-state index in [9.17, 15) is 4.79 Å². The van der Waals surface area contributed by atoms with Crippen LogP contribution in [0.4, 0.5) is 0 Å². The van der Waals surface area contributed by atoms with Gasteiger partial charge in [-0.25, -0.2) is 0 Å². The molecular formula is C5H11N2O. The van der Waals surface area contributed by atoms with Gasteiger partial charge in [0.2, 0.25) is 5.91 Å². The van der Waals surface area contributed by atoms with Crippen molar-refractivity contribution in [3.8, 4) is 0 Å². The largest absolute Gasteiger partial charge is 0.276 e. The predicted molar refractivity (Wildman–Crippen MR) is 30.7 cm³/mol. The monoisotopic (exact) mass is 115 g/mol. The van der Waals surface area contributed by atoms with Gasteiger partial charge in [0.1, 0.15) is 0 Å². The summed E-state index contributed by atoms with van der Waals surface area (Å²) in [7, 11) is 0. The first-order valence-corrected chi connectivity index (χ1v) is 2.45. The second kappa shape index (κ2) is 2.13. The van der Waals surface area contributed by atoms with E-state index in [2.05, 4.69) is 0 Å². The average Bonchev–Trinajstić information content (AvgIpc) is 1.62. The summed E-state index contributed by atoms with van der Waals surface area (Å²) >= 11 is 0. The molecule has 0 unspecified atom stereocenters. The number of amides is 1. The fourth-order valence-electron chi connectivity index (χ4n) is 0.188. The third-order valence-corrected chi connectivity index (χ3v) is 0.795. The van der Waals surface area contributed by atoms with Crippen molar-refractivity contribution in [1.82, 2.24) is 11.3 Å². The number of nitrogens with one attached hydrogen (secondary N) is 2. The Morgan fingerprint density at radius 2 is 1.88 bits per heavy atom. The zero-order chi connectivity index (χ0) is 6.78. The number of hydrogen-bond acceptors (Lipinski definition) is 1. The van der Waals surface area contributed by atoms with Crippen LogP contribution < -0.4 is 11.3 Å². The Labute approximate surface area is 49.2 Å². The lowest BCUT2D eigenvalue weighted by Gasteiger charge is -2.13. The average molecular weight is 115 g/mol. The first-order chi connectivity index (χ1) is 3.48. The maximum atomic E-state index is 10.5. The Kier molecular flexibility index (Phi) is 1.98. The first kappa shape index (κ1) is 7.43. The van der Waals surface area contributed by atoms with Crippen LogP contribution in [-0.4, -0.2) is 5.91 Å². The highest BCUT2D eigenvalue weighted by molar-refractivity contribution is 5.80. The van der Waals surface area contributed by atoms with Gasteiger partial charge in [0.25, 0.3) is 0 Å². The minimum atomic E-state index is -0.429. The lowest BCUT2D eigenvalue weighted by atomic mass is 9.96. The van der Waals surface area contributed by atoms with Crippen LogP contribution in [-0.2, 0) is 4.79 Å². The second-order valence-corrected chi connectivity index (χ2v) is 2.70. The lowest BCUT2D eigenvalue weighted by molar-refractivity contribution is -0.128. The van der Waals surface area contributed by atoms with Crippen molar-refractivity contribution in [1.29, 1.82) is 0 Å². The van der Waals surface area contributed by atoms with Gasteiger partial charge in [0.15, 0.2) is 0 Å². The Morgan fingerprint density at radius 3 is 1.88 bits per heavy atom. The predicted octanol–water partition coefficient (Wildman–Crippen LogP) is 0.347. The van der Waals surface area contributed by atoms with E-state index in [1.807, 2.05) is 5.43 Å². The molecule has 0 aliphatic heterocycles. The van der Waals surface area contributed by atoms with E-state index in [1.54, 1.807) is 20.8 Å². The van der Waals surface area contributed by atoms with Gasteiger partial charge in [-0.3, -0.25) is 10.2 Å². The Hall–Kier alpha value is -0.570. The molecule has 1 amide bonds. The molecule has 0 aromatic heterocycles. The van der Waals surface area contributed by atoms with Crippen molar-refractivity contribution < 1.29 is 4.79 Å². The van der Waals surface area contributed by atoms with Crippen LogP contribution in [0.2, 0.25) is 0 Å². The van der Waals surface area contributed by atoms with Crippen molar-refractivity contribution in [2.45, 2.75) is 20.8 Å². The van der Waals surface area contributed by atoms with Crippen LogP contribution in [0.3, 0.4) is 0 Å². The molecule has 0 aromatic rings. The van der Waals surface area contributed by atoms with Crippen molar-refractivity contribution in [2.24, 2.45) is 5.41 Å². The molecule has 47 valence electrons. The summed E-state index contributed by atoms with van der Waals surface area (Å²) in [6.45, 7) is 5.28. The normalized spacial score (nSPS) is 11.0. The third kappa shape index (κ3) is 1.93. The quantitative estimate of drug-likeness (QED) is 0.455. The van der Waals surface area contributed by atoms with Crippen LogP contribution in [0.1, 0.15) is 20.8 Å². The molecule has 8 heavy (non-hydrogen) atoms. The van der Waals surface area contributed by atoms with E-state index in [0.29, 0.717) is 0 Å². The second-order valence-electron chi connectivity index (χ2n) is 2.70. The molecule has 0 bridgehead atoms. The smallest absolute Gasteiger partial charge is 0.240 e. The van der Waals surface area contributed by atoms with Crippen LogP contribution in [0.5, 0.6) is 0 Å². The van der Waals surface area contributed by atoms with E-state index < -0.39 is 5.41 Å². The zero-order valence-electron chi connectivity index (χ0n) is 5.41. The first-order valence-electron chi connectivity index (χ1n) is 2.45. The van der Waals surface area contributed by atoms with Crippen LogP contribution >= 0.6 is 0 Å². The van der Waals surface area contributed by atoms with Crippen LogP contribution in [0.15, 0.2) is 0 Å². The molecule has 0 aromatic carbocycles. The van der Waals surface area contributed by atoms with Gasteiger partial charge in [0, 0.05) is 5.41 Å². The summed E-state index contributed by atoms with van der Waals surface area (Å²) in [5, 5.41) is 0. The zero-order valence-corrected chi connectivity index (χ0v) is 5.41. The maximum absolute atomic E-state index is 10.5. The molecule has 1 radical (unpaired) electrons. The fraction of sp³-hybridized carbons (Fsp3) is 0.800. The Bertz CT molecular complexity index is 93.1. The minimum Gasteiger partial charge on any atom is -0.276 e. The maximum Gasteiger partial charge on any atom is 0.240 e. The molecule has 3 nitrogen and oxygen atoms in total. The van der Waals surface area contributed by atoms with Gasteiger partial charge in [-0.2, -0.15) is 5.84 Å². The van der Waals surface area contributed by atoms with E-state index in [4.69, 9.17) is 5.84 Å². The molecule has 0 spiro atoms. The molecule has 2 N–H and O–H groups in total. The SMILES string of the molecule is CC(C)(C)C(=O)N[NH]. The summed E-state index contributed by atoms with van der Waals surface area (Å²) in [5.41, 5.74) is 1.39. The lowest BCUT2D eigenvalue weighted by Crippen LogP contribution is -2.33. The molecule has 0 fully saturated rings. The van der Waals surface area contributed by atoms with E-state index in [0.717, 1.165) is 0 Å². The summed E-state index contributed by atoms with van der Waals surface area (Å²) in [5.74, 6) is 6.21. The number of hydrogen-bond donors (Lipinski definition) is 1. The Balaban J connectivity index is 3.82. The van der Waals surface area contributed by atoms with Gasteiger partial charge < -0.3 is 0 Å². The molecule has 0 atom stereocenters. The van der Waals surface area contributed by atoms with Crippen molar-refractivity contribution in [2.75, 3.05) is 0 Å². The van der Waals surface area contributed by atoms with Gasteiger partial charge in [-0.05, 0) is 0 Å². The van der Waals surface area contributed by atoms with Gasteiger partial charge in [-0.15, -0.1) is 0 Å². The number of rotatable bonds is 0. The van der Waals surface area contributed by atoms with Crippen LogP contribution in [0.25, 0.3) is 0 Å². The van der Waals surface area contributed by atoms with E-state index in [1.165, 1.54) is 0 Å². The third-order valence-electron chi connectivity index (χ3n) is 0.795. The topological polar surface area (TPSA) is 52.9 Å². The molecule has 0 saturated heterocycles. The highest BCUT2D eigenvalue weighted by atomic mass is 16.2. The van der Waals surface area contributed by atoms with Crippen molar-refractivity contribution in [3.05, 3.63) is 0 Å². The van der Waals surface area contributed by atoms with E-state index in [-0.39, 0.29) is 5.91 Å². The summed E-state index contributed by atoms with van der Waals surface area (Å²) in [6, 6.07) is 0. The fourth-order valence-corrected chi connectivity index (χ4v) is 0.188. The molecule has 3 heteroatoms. The van der Waals surface area contributed by atoms with Crippen molar-refractivity contribution in [3.63, 3.8) is 0 Å². The standard InChI is InChI=1S/C5H11N2O/c1-5(2,3)4(8)7-6/h6H,1-3H3,(H,7,8). The number of carbonyl (C=O) groups is 1. The summed E-state index contributed by atoms with van der Waals surface area (Å²) < 4.78 is 0. The highest BCUT2D eigenvalue weighted by Crippen LogP contribution is 2.11. The molecule has 0 aliphatic carbocycles.